The third-order valence-electron chi connectivity index (χ3n) is 5.83. The maximum absolute atomic E-state index is 12.8. The van der Waals surface area contributed by atoms with E-state index in [9.17, 15) is 4.79 Å². The number of nitrogens with zero attached hydrogens (tertiary/aromatic N) is 3. The van der Waals surface area contributed by atoms with Gasteiger partial charge in [-0.1, -0.05) is 47.6 Å². The lowest BCUT2D eigenvalue weighted by Crippen LogP contribution is -2.45. The Balaban J connectivity index is 1.18. The number of rotatable bonds is 5. The summed E-state index contributed by atoms with van der Waals surface area (Å²) in [5.74, 6) is 1.61. The predicted octanol–water partition coefficient (Wildman–Crippen LogP) is 5.12. The van der Waals surface area contributed by atoms with Gasteiger partial charge in [0, 0.05) is 37.0 Å². The number of fused-ring (bicyclic) bond motifs is 1. The first-order valence-corrected chi connectivity index (χ1v) is 11.5. The van der Waals surface area contributed by atoms with E-state index in [1.54, 1.807) is 11.3 Å². The van der Waals surface area contributed by atoms with E-state index in [4.69, 9.17) is 4.52 Å². The molecule has 0 bridgehead atoms. The molecule has 1 aliphatic rings. The SMILES string of the molecule is O=C(NCc1cccc2ccccc12)N1CCCC(Cc2nc(-c3ccsc3)no2)C1. The minimum Gasteiger partial charge on any atom is -0.339 e. The van der Waals surface area contributed by atoms with Crippen molar-refractivity contribution in [3.63, 3.8) is 0 Å². The Morgan fingerprint density at radius 1 is 1.19 bits per heavy atom. The van der Waals surface area contributed by atoms with Gasteiger partial charge in [-0.15, -0.1) is 0 Å². The first-order valence-electron chi connectivity index (χ1n) is 10.6. The predicted molar refractivity (Wildman–Crippen MR) is 122 cm³/mol. The second-order valence-corrected chi connectivity index (χ2v) is 8.76. The van der Waals surface area contributed by atoms with Crippen LogP contribution in [0.3, 0.4) is 0 Å². The topological polar surface area (TPSA) is 71.3 Å². The van der Waals surface area contributed by atoms with Crippen LogP contribution in [0.1, 0.15) is 24.3 Å². The summed E-state index contributed by atoms with van der Waals surface area (Å²) in [6.07, 6.45) is 2.74. The molecule has 0 saturated carbocycles. The molecular weight excluding hydrogens is 408 g/mol. The first kappa shape index (κ1) is 19.8. The van der Waals surface area contributed by atoms with Crippen molar-refractivity contribution >= 4 is 28.1 Å². The molecule has 0 radical (unpaired) electrons. The van der Waals surface area contributed by atoms with Crippen LogP contribution in [-0.4, -0.2) is 34.2 Å². The van der Waals surface area contributed by atoms with E-state index in [-0.39, 0.29) is 6.03 Å². The van der Waals surface area contributed by atoms with Gasteiger partial charge in [0.05, 0.1) is 0 Å². The van der Waals surface area contributed by atoms with Crippen LogP contribution in [0.25, 0.3) is 22.2 Å². The molecule has 1 aliphatic heterocycles. The molecule has 0 spiro atoms. The van der Waals surface area contributed by atoms with Crippen LogP contribution in [0.2, 0.25) is 0 Å². The highest BCUT2D eigenvalue weighted by Crippen LogP contribution is 2.24. The zero-order valence-electron chi connectivity index (χ0n) is 17.2. The van der Waals surface area contributed by atoms with Crippen molar-refractivity contribution in [1.82, 2.24) is 20.4 Å². The number of hydrogen-bond donors (Lipinski definition) is 1. The van der Waals surface area contributed by atoms with Gasteiger partial charge in [0.1, 0.15) is 0 Å². The average Bonchev–Trinajstić information content (AvgIpc) is 3.50. The van der Waals surface area contributed by atoms with Crippen molar-refractivity contribution in [3.05, 3.63) is 70.7 Å². The van der Waals surface area contributed by atoms with E-state index >= 15 is 0 Å². The summed E-state index contributed by atoms with van der Waals surface area (Å²) in [7, 11) is 0. The molecule has 6 nitrogen and oxygen atoms in total. The van der Waals surface area contributed by atoms with Gasteiger partial charge in [-0.25, -0.2) is 4.79 Å². The number of carbonyl (C=O) groups excluding carboxylic acids is 1. The van der Waals surface area contributed by atoms with Crippen molar-refractivity contribution in [2.24, 2.45) is 5.92 Å². The smallest absolute Gasteiger partial charge is 0.317 e. The highest BCUT2D eigenvalue weighted by molar-refractivity contribution is 7.08. The number of benzene rings is 2. The van der Waals surface area contributed by atoms with Crippen LogP contribution < -0.4 is 5.32 Å². The fourth-order valence-electron chi connectivity index (χ4n) is 4.24. The van der Waals surface area contributed by atoms with E-state index in [1.807, 2.05) is 39.9 Å². The number of nitrogens with one attached hydrogen (secondary N) is 1. The average molecular weight is 433 g/mol. The van der Waals surface area contributed by atoms with Crippen molar-refractivity contribution < 1.29 is 9.32 Å². The number of thiophene rings is 1. The molecule has 31 heavy (non-hydrogen) atoms. The Morgan fingerprint density at radius 3 is 3.00 bits per heavy atom. The lowest BCUT2D eigenvalue weighted by molar-refractivity contribution is 0.161. The highest BCUT2D eigenvalue weighted by Gasteiger charge is 2.25. The van der Waals surface area contributed by atoms with E-state index < -0.39 is 0 Å². The minimum atomic E-state index is -0.0119. The lowest BCUT2D eigenvalue weighted by atomic mass is 9.95. The summed E-state index contributed by atoms with van der Waals surface area (Å²) in [6.45, 7) is 2.01. The van der Waals surface area contributed by atoms with Crippen LogP contribution in [0.15, 0.2) is 63.8 Å². The first-order chi connectivity index (χ1) is 15.3. The Labute approximate surface area is 184 Å². The number of piperidine rings is 1. The maximum Gasteiger partial charge on any atom is 0.317 e. The van der Waals surface area contributed by atoms with Crippen LogP contribution in [0, 0.1) is 5.92 Å². The van der Waals surface area contributed by atoms with Gasteiger partial charge in [0.2, 0.25) is 11.7 Å². The fourth-order valence-corrected chi connectivity index (χ4v) is 4.87. The van der Waals surface area contributed by atoms with Gasteiger partial charge in [-0.05, 0) is 46.5 Å². The van der Waals surface area contributed by atoms with E-state index in [2.05, 4.69) is 39.7 Å². The number of hydrogen-bond acceptors (Lipinski definition) is 5. The molecule has 1 saturated heterocycles. The van der Waals surface area contributed by atoms with Crippen molar-refractivity contribution in [2.45, 2.75) is 25.8 Å². The van der Waals surface area contributed by atoms with Gasteiger partial charge in [-0.2, -0.15) is 16.3 Å². The number of carbonyl (C=O) groups is 1. The van der Waals surface area contributed by atoms with Gasteiger partial charge >= 0.3 is 6.03 Å². The molecule has 1 N–H and O–H groups in total. The number of urea groups is 1. The summed E-state index contributed by atoms with van der Waals surface area (Å²) in [5.41, 5.74) is 2.12. The van der Waals surface area contributed by atoms with E-state index in [0.29, 0.717) is 37.1 Å². The highest BCUT2D eigenvalue weighted by atomic mass is 32.1. The maximum atomic E-state index is 12.8. The zero-order valence-corrected chi connectivity index (χ0v) is 18.0. The summed E-state index contributed by atoms with van der Waals surface area (Å²) < 4.78 is 5.46. The van der Waals surface area contributed by atoms with Gasteiger partial charge in [0.15, 0.2) is 0 Å². The van der Waals surface area contributed by atoms with Crippen LogP contribution >= 0.6 is 11.3 Å². The molecule has 4 aromatic rings. The standard InChI is InChI=1S/C24H24N4O2S/c29-24(25-14-19-8-3-7-18-6-1-2-9-21(18)19)28-11-4-5-17(15-28)13-22-26-23(27-30-22)20-10-12-31-16-20/h1-3,6-10,12,16-17H,4-5,11,13-15H2,(H,25,29). The second-order valence-electron chi connectivity index (χ2n) is 7.98. The zero-order chi connectivity index (χ0) is 21.0. The molecule has 2 amide bonds. The van der Waals surface area contributed by atoms with E-state index in [1.165, 1.54) is 10.8 Å². The van der Waals surface area contributed by atoms with Crippen molar-refractivity contribution in [1.29, 1.82) is 0 Å². The molecular formula is C24H24N4O2S. The molecule has 5 rings (SSSR count). The molecule has 1 atom stereocenters. The number of likely N-dealkylation sites (tertiary alicyclic amines) is 1. The van der Waals surface area contributed by atoms with Gasteiger partial charge in [0.25, 0.3) is 0 Å². The largest absolute Gasteiger partial charge is 0.339 e. The Bertz CT molecular complexity index is 1170. The molecule has 7 heteroatoms. The quantitative estimate of drug-likeness (QED) is 0.475. The molecule has 2 aromatic carbocycles. The van der Waals surface area contributed by atoms with Crippen LogP contribution in [-0.2, 0) is 13.0 Å². The Morgan fingerprint density at radius 2 is 2.10 bits per heavy atom. The molecule has 1 unspecified atom stereocenters. The summed E-state index contributed by atoms with van der Waals surface area (Å²) in [4.78, 5) is 19.3. The van der Waals surface area contributed by atoms with Crippen molar-refractivity contribution in [3.8, 4) is 11.4 Å². The third kappa shape index (κ3) is 4.46. The minimum absolute atomic E-state index is 0.0119. The number of aromatic nitrogens is 2. The Kier molecular flexibility index (Phi) is 5.67. The molecule has 158 valence electrons. The Hall–Kier alpha value is -3.19. The summed E-state index contributed by atoms with van der Waals surface area (Å²) >= 11 is 1.61. The molecule has 3 heterocycles. The summed E-state index contributed by atoms with van der Waals surface area (Å²) in [5, 5.41) is 13.6. The van der Waals surface area contributed by atoms with Crippen LogP contribution in [0.5, 0.6) is 0 Å². The second kappa shape index (κ2) is 8.89. The monoisotopic (exact) mass is 432 g/mol. The van der Waals surface area contributed by atoms with E-state index in [0.717, 1.165) is 30.5 Å². The van der Waals surface area contributed by atoms with Crippen molar-refractivity contribution in [2.75, 3.05) is 13.1 Å². The molecule has 1 fully saturated rings. The molecule has 2 aromatic heterocycles. The summed E-state index contributed by atoms with van der Waals surface area (Å²) in [6, 6.07) is 16.4. The third-order valence-corrected chi connectivity index (χ3v) is 6.51. The van der Waals surface area contributed by atoms with Gasteiger partial charge in [-0.3, -0.25) is 0 Å². The fraction of sp³-hybridized carbons (Fsp3) is 0.292. The molecule has 0 aliphatic carbocycles. The number of amides is 2. The lowest BCUT2D eigenvalue weighted by Gasteiger charge is -2.32. The normalized spacial score (nSPS) is 16.5. The van der Waals surface area contributed by atoms with Gasteiger partial charge < -0.3 is 14.7 Å². The van der Waals surface area contributed by atoms with Crippen LogP contribution in [0.4, 0.5) is 4.79 Å².